The van der Waals surface area contributed by atoms with Gasteiger partial charge in [-0.1, -0.05) is 45.9 Å². The first-order chi connectivity index (χ1) is 14.7. The summed E-state index contributed by atoms with van der Waals surface area (Å²) >= 11 is 1.20. The van der Waals surface area contributed by atoms with Crippen molar-refractivity contribution < 1.29 is 14.3 Å². The molecule has 0 atom stereocenters. The Morgan fingerprint density at radius 3 is 2.39 bits per heavy atom. The van der Waals surface area contributed by atoms with E-state index in [1.807, 2.05) is 18.2 Å². The Morgan fingerprint density at radius 2 is 1.81 bits per heavy atom. The highest BCUT2D eigenvalue weighted by molar-refractivity contribution is 7.17. The molecule has 8 heteroatoms. The van der Waals surface area contributed by atoms with Gasteiger partial charge < -0.3 is 10.1 Å². The molecular weight excluding hydrogens is 414 g/mol. The summed E-state index contributed by atoms with van der Waals surface area (Å²) in [5.74, 6) is -0.436. The van der Waals surface area contributed by atoms with Gasteiger partial charge in [0.25, 0.3) is 5.56 Å². The second-order valence-electron chi connectivity index (χ2n) is 7.90. The summed E-state index contributed by atoms with van der Waals surface area (Å²) in [5, 5.41) is 4.75. The van der Waals surface area contributed by atoms with Crippen LogP contribution in [0, 0.1) is 0 Å². The van der Waals surface area contributed by atoms with E-state index in [9.17, 15) is 14.4 Å². The van der Waals surface area contributed by atoms with E-state index in [0.29, 0.717) is 4.83 Å². The van der Waals surface area contributed by atoms with Crippen LogP contribution in [0.5, 0.6) is 0 Å². The molecule has 0 aliphatic carbocycles. The van der Waals surface area contributed by atoms with Gasteiger partial charge in [0, 0.05) is 11.1 Å². The van der Waals surface area contributed by atoms with E-state index in [2.05, 4.69) is 38.0 Å². The standard InChI is InChI=1S/C23H27N3O4S/c1-6-30-23(29)17-11-31-21-19(17)22(28)26(12-24-21)10-18(27)25-20-15(13(2)3)8-7-9-16(20)14(4)5/h7-9,11-14H,6,10H2,1-5H3,(H,25,27). The lowest BCUT2D eigenvalue weighted by Gasteiger charge is -2.20. The zero-order valence-corrected chi connectivity index (χ0v) is 19.2. The fourth-order valence-electron chi connectivity index (χ4n) is 3.47. The first-order valence-corrected chi connectivity index (χ1v) is 11.2. The lowest BCUT2D eigenvalue weighted by Crippen LogP contribution is -2.29. The molecular formula is C23H27N3O4S. The molecule has 0 fully saturated rings. The molecule has 3 aromatic rings. The van der Waals surface area contributed by atoms with Crippen LogP contribution < -0.4 is 10.9 Å². The zero-order valence-electron chi connectivity index (χ0n) is 18.4. The number of rotatable bonds is 7. The molecule has 3 rings (SSSR count). The Hall–Kier alpha value is -3.00. The molecule has 1 aromatic carbocycles. The molecule has 0 aliphatic rings. The number of fused-ring (bicyclic) bond motifs is 1. The van der Waals surface area contributed by atoms with Crippen molar-refractivity contribution in [3.63, 3.8) is 0 Å². The molecule has 0 saturated carbocycles. The number of anilines is 1. The topological polar surface area (TPSA) is 90.3 Å². The minimum Gasteiger partial charge on any atom is -0.462 e. The number of carbonyl (C=O) groups excluding carboxylic acids is 2. The second-order valence-corrected chi connectivity index (χ2v) is 8.75. The van der Waals surface area contributed by atoms with E-state index < -0.39 is 11.5 Å². The third-order valence-electron chi connectivity index (χ3n) is 5.01. The van der Waals surface area contributed by atoms with Crippen molar-refractivity contribution in [2.75, 3.05) is 11.9 Å². The van der Waals surface area contributed by atoms with Crippen LogP contribution in [0.4, 0.5) is 5.69 Å². The summed E-state index contributed by atoms with van der Waals surface area (Å²) in [6.07, 6.45) is 1.34. The predicted octanol–water partition coefficient (Wildman–Crippen LogP) is 4.52. The van der Waals surface area contributed by atoms with Gasteiger partial charge >= 0.3 is 5.97 Å². The Balaban J connectivity index is 1.93. The fourth-order valence-corrected chi connectivity index (χ4v) is 4.33. The average molecular weight is 442 g/mol. The predicted molar refractivity (Wildman–Crippen MR) is 123 cm³/mol. The molecule has 0 aliphatic heterocycles. The van der Waals surface area contributed by atoms with Crippen molar-refractivity contribution in [1.29, 1.82) is 0 Å². The van der Waals surface area contributed by atoms with Gasteiger partial charge in [-0.25, -0.2) is 9.78 Å². The van der Waals surface area contributed by atoms with Gasteiger partial charge in [0.05, 0.1) is 23.9 Å². The maximum absolute atomic E-state index is 13.0. The van der Waals surface area contributed by atoms with Gasteiger partial charge in [0.2, 0.25) is 5.91 Å². The highest BCUT2D eigenvalue weighted by atomic mass is 32.1. The molecule has 7 nitrogen and oxygen atoms in total. The van der Waals surface area contributed by atoms with Crippen LogP contribution in [0.3, 0.4) is 0 Å². The maximum atomic E-state index is 13.0. The summed E-state index contributed by atoms with van der Waals surface area (Å²) in [7, 11) is 0. The maximum Gasteiger partial charge on any atom is 0.339 e. The van der Waals surface area contributed by atoms with Gasteiger partial charge in [-0.3, -0.25) is 14.2 Å². The Morgan fingerprint density at radius 1 is 1.16 bits per heavy atom. The summed E-state index contributed by atoms with van der Waals surface area (Å²) in [6.45, 7) is 10.0. The quantitative estimate of drug-likeness (QED) is 0.545. The number of hydrogen-bond acceptors (Lipinski definition) is 6. The number of esters is 1. The number of nitrogens with one attached hydrogen (secondary N) is 1. The van der Waals surface area contributed by atoms with Crippen LogP contribution in [0.1, 0.15) is 67.9 Å². The largest absolute Gasteiger partial charge is 0.462 e. The minimum absolute atomic E-state index is 0.182. The molecule has 0 bridgehead atoms. The zero-order chi connectivity index (χ0) is 22.7. The summed E-state index contributed by atoms with van der Waals surface area (Å²) < 4.78 is 6.26. The van der Waals surface area contributed by atoms with Crippen LogP contribution in [-0.2, 0) is 16.1 Å². The van der Waals surface area contributed by atoms with Crippen LogP contribution in [-0.4, -0.2) is 28.0 Å². The lowest BCUT2D eigenvalue weighted by atomic mass is 9.92. The van der Waals surface area contributed by atoms with Crippen LogP contribution in [0.2, 0.25) is 0 Å². The van der Waals surface area contributed by atoms with E-state index in [0.717, 1.165) is 16.8 Å². The Labute approximate surface area is 185 Å². The summed E-state index contributed by atoms with van der Waals surface area (Å²) in [6, 6.07) is 6.00. The molecule has 0 saturated heterocycles. The van der Waals surface area contributed by atoms with Gasteiger partial charge in [0.15, 0.2) is 0 Å². The first kappa shape index (κ1) is 22.7. The number of aromatic nitrogens is 2. The molecule has 2 heterocycles. The average Bonchev–Trinajstić information content (AvgIpc) is 3.15. The van der Waals surface area contributed by atoms with Gasteiger partial charge in [-0.05, 0) is 29.9 Å². The number of hydrogen-bond donors (Lipinski definition) is 1. The third-order valence-corrected chi connectivity index (χ3v) is 5.89. The van der Waals surface area contributed by atoms with E-state index in [1.54, 1.807) is 12.3 Å². The first-order valence-electron chi connectivity index (χ1n) is 10.3. The van der Waals surface area contributed by atoms with Crippen molar-refractivity contribution in [1.82, 2.24) is 9.55 Å². The highest BCUT2D eigenvalue weighted by Crippen LogP contribution is 2.32. The highest BCUT2D eigenvalue weighted by Gasteiger charge is 2.20. The molecule has 0 unspecified atom stereocenters. The minimum atomic E-state index is -0.567. The van der Waals surface area contributed by atoms with Crippen LogP contribution in [0.25, 0.3) is 10.2 Å². The second kappa shape index (κ2) is 9.43. The summed E-state index contributed by atoms with van der Waals surface area (Å²) in [4.78, 5) is 42.8. The molecule has 31 heavy (non-hydrogen) atoms. The van der Waals surface area contributed by atoms with Crippen molar-refractivity contribution in [2.45, 2.75) is 53.0 Å². The number of nitrogens with zero attached hydrogens (tertiary/aromatic N) is 2. The van der Waals surface area contributed by atoms with Crippen molar-refractivity contribution in [3.8, 4) is 0 Å². The van der Waals surface area contributed by atoms with Gasteiger partial charge in [-0.15, -0.1) is 11.3 Å². The number of ether oxygens (including phenoxy) is 1. The van der Waals surface area contributed by atoms with Crippen LogP contribution in [0.15, 0.2) is 34.7 Å². The molecule has 2 aromatic heterocycles. The molecule has 1 N–H and O–H groups in total. The number of benzene rings is 1. The van der Waals surface area contributed by atoms with E-state index in [1.165, 1.54) is 22.2 Å². The number of para-hydroxylation sites is 1. The molecule has 1 amide bonds. The third kappa shape index (κ3) is 4.69. The van der Waals surface area contributed by atoms with E-state index in [4.69, 9.17) is 4.74 Å². The summed E-state index contributed by atoms with van der Waals surface area (Å²) in [5.41, 5.74) is 2.63. The Bertz CT molecular complexity index is 1150. The number of amides is 1. The smallest absolute Gasteiger partial charge is 0.339 e. The monoisotopic (exact) mass is 441 g/mol. The molecule has 164 valence electrons. The fraction of sp³-hybridized carbons (Fsp3) is 0.391. The van der Waals surface area contributed by atoms with E-state index >= 15 is 0 Å². The molecule has 0 spiro atoms. The van der Waals surface area contributed by atoms with E-state index in [-0.39, 0.29) is 41.8 Å². The van der Waals surface area contributed by atoms with Gasteiger partial charge in [-0.2, -0.15) is 0 Å². The van der Waals surface area contributed by atoms with Crippen molar-refractivity contribution in [2.24, 2.45) is 0 Å². The number of carbonyl (C=O) groups is 2. The number of thiophene rings is 1. The van der Waals surface area contributed by atoms with Crippen molar-refractivity contribution >= 4 is 39.1 Å². The van der Waals surface area contributed by atoms with Crippen LogP contribution >= 0.6 is 11.3 Å². The van der Waals surface area contributed by atoms with Crippen molar-refractivity contribution in [3.05, 3.63) is 57.0 Å². The SMILES string of the molecule is CCOC(=O)c1csc2ncn(CC(=O)Nc3c(C(C)C)cccc3C(C)C)c(=O)c12. The lowest BCUT2D eigenvalue weighted by molar-refractivity contribution is -0.116. The van der Waals surface area contributed by atoms with Gasteiger partial charge in [0.1, 0.15) is 11.4 Å². The Kier molecular flexibility index (Phi) is 6.90. The normalized spacial score (nSPS) is 11.3. The molecule has 0 radical (unpaired) electrons.